The molecule has 4 N–H and O–H groups in total. The lowest BCUT2D eigenvalue weighted by molar-refractivity contribution is -0.155. The Hall–Kier alpha value is -2.13. The van der Waals surface area contributed by atoms with Gasteiger partial charge in [-0.05, 0) is 49.8 Å². The van der Waals surface area contributed by atoms with Crippen LogP contribution < -0.4 is 5.73 Å². The second-order valence-corrected chi connectivity index (χ2v) is 11.9. The van der Waals surface area contributed by atoms with Gasteiger partial charge in [0.05, 0.1) is 34.3 Å². The Morgan fingerprint density at radius 2 is 1.94 bits per heavy atom. The van der Waals surface area contributed by atoms with Gasteiger partial charge in [-0.15, -0.1) is 11.3 Å². The molecule has 0 saturated heterocycles. The number of aromatic nitrogens is 1. The van der Waals surface area contributed by atoms with Crippen molar-refractivity contribution < 1.29 is 24.5 Å². The predicted octanol–water partition coefficient (Wildman–Crippen LogP) is 4.84. The maximum absolute atomic E-state index is 13.2. The number of cyclic esters (lactones) is 1. The van der Waals surface area contributed by atoms with E-state index in [1.165, 1.54) is 5.57 Å². The number of hydrogen-bond acceptors (Lipinski definition) is 8. The lowest BCUT2D eigenvalue weighted by atomic mass is 9.73. The first-order valence-corrected chi connectivity index (χ1v) is 13.6. The lowest BCUT2D eigenvalue weighted by Gasteiger charge is -2.34. The molecule has 8 heteroatoms. The van der Waals surface area contributed by atoms with Crippen LogP contribution in [-0.4, -0.2) is 39.2 Å². The zero-order valence-corrected chi connectivity index (χ0v) is 22.8. The first kappa shape index (κ1) is 28.4. The second-order valence-electron chi connectivity index (χ2n) is 10.8. The summed E-state index contributed by atoms with van der Waals surface area (Å²) in [6, 6.07) is 5.84. The van der Waals surface area contributed by atoms with Crippen LogP contribution in [0.1, 0.15) is 83.4 Å². The van der Waals surface area contributed by atoms with Gasteiger partial charge < -0.3 is 20.7 Å². The SMILES string of the molecule is C/C1=C\CC(c2ccc3sc(CN)nc3c2)OC(=O)CC(O)C(C)(C)C(=O)C(C)C(O)C(C)CCC1. The number of benzene rings is 1. The molecule has 1 aliphatic heterocycles. The molecular weight excluding hydrogens is 476 g/mol. The first-order valence-electron chi connectivity index (χ1n) is 12.8. The molecule has 0 fully saturated rings. The van der Waals surface area contributed by atoms with Crippen molar-refractivity contribution in [3.05, 3.63) is 40.4 Å². The summed E-state index contributed by atoms with van der Waals surface area (Å²) in [5.41, 5.74) is 7.36. The number of carbonyl (C=O) groups is 2. The number of ketones is 1. The highest BCUT2D eigenvalue weighted by Crippen LogP contribution is 2.34. The highest BCUT2D eigenvalue weighted by molar-refractivity contribution is 7.18. The normalized spacial score (nSPS) is 30.6. The summed E-state index contributed by atoms with van der Waals surface area (Å²) >= 11 is 1.54. The number of Topliss-reactive ketones (excluding diaryl/α,β-unsaturated/α-hetero) is 1. The maximum atomic E-state index is 13.2. The van der Waals surface area contributed by atoms with Gasteiger partial charge in [0.15, 0.2) is 0 Å². The van der Waals surface area contributed by atoms with Crippen molar-refractivity contribution in [3.8, 4) is 0 Å². The Bertz CT molecular complexity index is 1110. The fourth-order valence-corrected chi connectivity index (χ4v) is 5.66. The zero-order chi connectivity index (χ0) is 26.6. The van der Waals surface area contributed by atoms with Gasteiger partial charge in [0, 0.05) is 18.9 Å². The summed E-state index contributed by atoms with van der Waals surface area (Å²) in [7, 11) is 0. The van der Waals surface area contributed by atoms with Crippen LogP contribution in [0.3, 0.4) is 0 Å². The number of nitrogens with zero attached hydrogens (tertiary/aromatic N) is 1. The van der Waals surface area contributed by atoms with E-state index < -0.39 is 35.6 Å². The average Bonchev–Trinajstić information content (AvgIpc) is 3.26. The fourth-order valence-electron chi connectivity index (χ4n) is 4.83. The first-order chi connectivity index (χ1) is 16.9. The number of fused-ring (bicyclic) bond motifs is 1. The highest BCUT2D eigenvalue weighted by Gasteiger charge is 2.42. The van der Waals surface area contributed by atoms with Crippen molar-refractivity contribution in [1.29, 1.82) is 0 Å². The van der Waals surface area contributed by atoms with E-state index in [1.807, 2.05) is 25.1 Å². The van der Waals surface area contributed by atoms with E-state index in [1.54, 1.807) is 32.1 Å². The van der Waals surface area contributed by atoms with Crippen molar-refractivity contribution in [2.45, 2.75) is 91.6 Å². The molecule has 0 radical (unpaired) electrons. The Morgan fingerprint density at radius 1 is 1.22 bits per heavy atom. The van der Waals surface area contributed by atoms with E-state index >= 15 is 0 Å². The van der Waals surface area contributed by atoms with Gasteiger partial charge in [-0.2, -0.15) is 0 Å². The van der Waals surface area contributed by atoms with Crippen LogP contribution >= 0.6 is 11.3 Å². The third kappa shape index (κ3) is 6.59. The Balaban J connectivity index is 1.91. The summed E-state index contributed by atoms with van der Waals surface area (Å²) in [6.45, 7) is 9.33. The number of rotatable bonds is 2. The molecule has 198 valence electrons. The molecule has 3 rings (SSSR count). The van der Waals surface area contributed by atoms with Crippen molar-refractivity contribution in [1.82, 2.24) is 4.98 Å². The number of ether oxygens (including phenoxy) is 1. The third-order valence-corrected chi connectivity index (χ3v) is 8.58. The van der Waals surface area contributed by atoms with E-state index in [4.69, 9.17) is 10.5 Å². The number of nitrogens with two attached hydrogens (primary N) is 1. The van der Waals surface area contributed by atoms with Gasteiger partial charge in [0.25, 0.3) is 0 Å². The quantitative estimate of drug-likeness (QED) is 0.386. The number of aliphatic hydroxyl groups excluding tert-OH is 2. The molecule has 0 saturated carbocycles. The van der Waals surface area contributed by atoms with Crippen molar-refractivity contribution >= 4 is 33.3 Å². The Morgan fingerprint density at radius 3 is 2.64 bits per heavy atom. The highest BCUT2D eigenvalue weighted by atomic mass is 32.1. The fraction of sp³-hybridized carbons (Fsp3) is 0.607. The summed E-state index contributed by atoms with van der Waals surface area (Å²) in [5.74, 6) is -1.54. The largest absolute Gasteiger partial charge is 0.457 e. The monoisotopic (exact) mass is 516 g/mol. The van der Waals surface area contributed by atoms with Crippen LogP contribution in [0.15, 0.2) is 29.8 Å². The van der Waals surface area contributed by atoms with Crippen LogP contribution in [0.2, 0.25) is 0 Å². The molecule has 7 nitrogen and oxygen atoms in total. The molecule has 1 aliphatic rings. The number of hydrogen-bond donors (Lipinski definition) is 3. The molecule has 2 heterocycles. The van der Waals surface area contributed by atoms with Crippen LogP contribution in [0.4, 0.5) is 0 Å². The minimum absolute atomic E-state index is 0.0569. The van der Waals surface area contributed by atoms with Crippen LogP contribution in [0.25, 0.3) is 10.2 Å². The standard InChI is InChI=1S/C28H40N2O5S/c1-16-7-6-8-17(2)26(33)18(3)27(34)28(4,5)23(31)14-25(32)35-21(11-9-16)19-10-12-22-20(13-19)30-24(15-29)36-22/h9-10,12-13,17-18,21,23,26,31,33H,6-8,11,14-15,29H2,1-5H3/b16-9+. The predicted molar refractivity (Wildman–Crippen MR) is 142 cm³/mol. The van der Waals surface area contributed by atoms with E-state index in [-0.39, 0.29) is 18.1 Å². The summed E-state index contributed by atoms with van der Waals surface area (Å²) in [6.07, 6.45) is 2.21. The molecule has 0 amide bonds. The number of esters is 1. The maximum Gasteiger partial charge on any atom is 0.309 e. The van der Waals surface area contributed by atoms with Gasteiger partial charge in [-0.3, -0.25) is 9.59 Å². The van der Waals surface area contributed by atoms with Gasteiger partial charge >= 0.3 is 5.97 Å². The molecule has 2 aromatic rings. The minimum Gasteiger partial charge on any atom is -0.457 e. The Kier molecular flexibility index (Phi) is 9.44. The minimum atomic E-state index is -1.23. The Labute approximate surface area is 217 Å². The number of thiazole rings is 1. The van der Waals surface area contributed by atoms with Crippen LogP contribution in [0.5, 0.6) is 0 Å². The van der Waals surface area contributed by atoms with Crippen molar-refractivity contribution in [3.63, 3.8) is 0 Å². The van der Waals surface area contributed by atoms with Crippen molar-refractivity contribution in [2.24, 2.45) is 23.0 Å². The second kappa shape index (κ2) is 11.9. The molecule has 0 bridgehead atoms. The van der Waals surface area contributed by atoms with E-state index in [0.717, 1.165) is 40.1 Å². The molecule has 36 heavy (non-hydrogen) atoms. The lowest BCUT2D eigenvalue weighted by Crippen LogP contribution is -2.45. The third-order valence-electron chi connectivity index (χ3n) is 7.52. The zero-order valence-electron chi connectivity index (χ0n) is 22.0. The number of carbonyl (C=O) groups excluding carboxylic acids is 2. The van der Waals surface area contributed by atoms with Crippen LogP contribution in [0, 0.1) is 17.3 Å². The summed E-state index contributed by atoms with van der Waals surface area (Å²) < 4.78 is 6.90. The van der Waals surface area contributed by atoms with Crippen LogP contribution in [-0.2, 0) is 20.9 Å². The smallest absolute Gasteiger partial charge is 0.309 e. The molecule has 0 spiro atoms. The summed E-state index contributed by atoms with van der Waals surface area (Å²) in [5, 5.41) is 22.5. The van der Waals surface area contributed by atoms with Gasteiger partial charge in [0.1, 0.15) is 16.9 Å². The molecule has 1 aromatic heterocycles. The number of aliphatic hydroxyl groups is 2. The topological polar surface area (TPSA) is 123 Å². The summed E-state index contributed by atoms with van der Waals surface area (Å²) in [4.78, 5) is 30.8. The molecular formula is C28H40N2O5S. The molecule has 5 unspecified atom stereocenters. The van der Waals surface area contributed by atoms with Crippen molar-refractivity contribution in [2.75, 3.05) is 0 Å². The molecule has 0 aliphatic carbocycles. The van der Waals surface area contributed by atoms with E-state index in [2.05, 4.69) is 18.0 Å². The molecule has 1 aromatic carbocycles. The van der Waals surface area contributed by atoms with Gasteiger partial charge in [0.2, 0.25) is 0 Å². The van der Waals surface area contributed by atoms with E-state index in [9.17, 15) is 19.8 Å². The number of allylic oxidation sites excluding steroid dienone is 1. The average molecular weight is 517 g/mol. The van der Waals surface area contributed by atoms with Gasteiger partial charge in [-0.25, -0.2) is 4.98 Å². The van der Waals surface area contributed by atoms with Gasteiger partial charge in [-0.1, -0.05) is 45.4 Å². The van der Waals surface area contributed by atoms with E-state index in [0.29, 0.717) is 13.0 Å². The molecule has 5 atom stereocenters.